The second kappa shape index (κ2) is 8.74. The van der Waals surface area contributed by atoms with E-state index in [9.17, 15) is 4.79 Å². The van der Waals surface area contributed by atoms with Crippen molar-refractivity contribution in [3.63, 3.8) is 0 Å². The van der Waals surface area contributed by atoms with Crippen LogP contribution < -0.4 is 16.6 Å². The molecule has 0 aliphatic rings. The number of hydrogen-bond donors (Lipinski definition) is 2. The molecule has 0 saturated heterocycles. The van der Waals surface area contributed by atoms with Gasteiger partial charge in [-0.25, -0.2) is 9.97 Å². The number of nitrogen functional groups attached to an aromatic ring is 1. The summed E-state index contributed by atoms with van der Waals surface area (Å²) in [5.74, 6) is 0.464. The first-order valence-electron chi connectivity index (χ1n) is 10.9. The minimum Gasteiger partial charge on any atom is -0.368 e. The van der Waals surface area contributed by atoms with Gasteiger partial charge in [0.1, 0.15) is 6.33 Å². The molecule has 3 heterocycles. The lowest BCUT2D eigenvalue weighted by molar-refractivity contribution is 0.766. The molecule has 34 heavy (non-hydrogen) atoms. The van der Waals surface area contributed by atoms with Crippen LogP contribution >= 0.6 is 0 Å². The number of para-hydroxylation sites is 1. The second-order valence-electron chi connectivity index (χ2n) is 8.04. The first-order valence-corrected chi connectivity index (χ1v) is 10.9. The molecule has 0 aliphatic carbocycles. The lowest BCUT2D eigenvalue weighted by Gasteiger charge is -2.21. The van der Waals surface area contributed by atoms with Crippen molar-refractivity contribution in [1.29, 1.82) is 0 Å². The van der Waals surface area contributed by atoms with Gasteiger partial charge in [-0.3, -0.25) is 14.3 Å². The van der Waals surface area contributed by atoms with Crippen molar-refractivity contribution in [1.82, 2.24) is 24.5 Å². The Kier molecular flexibility index (Phi) is 5.47. The second-order valence-corrected chi connectivity index (χ2v) is 8.04. The van der Waals surface area contributed by atoms with E-state index in [4.69, 9.17) is 5.73 Å². The third-order valence-electron chi connectivity index (χ3n) is 5.69. The van der Waals surface area contributed by atoms with E-state index in [0.29, 0.717) is 11.3 Å². The molecule has 5 rings (SSSR count). The van der Waals surface area contributed by atoms with Gasteiger partial charge in [-0.05, 0) is 49.1 Å². The van der Waals surface area contributed by atoms with E-state index < -0.39 is 0 Å². The highest BCUT2D eigenvalue weighted by Gasteiger charge is 2.19. The Labute approximate surface area is 196 Å². The van der Waals surface area contributed by atoms with Gasteiger partial charge in [0.2, 0.25) is 11.9 Å². The number of aryl methyl sites for hydroxylation is 1. The Morgan fingerprint density at radius 3 is 2.53 bits per heavy atom. The summed E-state index contributed by atoms with van der Waals surface area (Å²) in [5.41, 5.74) is 9.80. The number of anilines is 2. The fraction of sp³-hybridized carbons (Fsp3) is 0.115. The molecule has 0 amide bonds. The molecule has 0 radical (unpaired) electrons. The number of aromatic nitrogens is 5. The standard InChI is InChI=1S/C26H23N7O/c1-16-11-12-19(14-28-16)21-10-6-7-18-13-22(17(2)31-26-30-15-29-25(27)32-26)33(24(34)23(18)21)20-8-4-3-5-9-20/h3-15,17H,1-2H3,(H3,27,29,30,31,32). The zero-order chi connectivity index (χ0) is 23.7. The van der Waals surface area contributed by atoms with Gasteiger partial charge in [0.05, 0.1) is 11.4 Å². The first-order chi connectivity index (χ1) is 16.5. The van der Waals surface area contributed by atoms with Crippen molar-refractivity contribution < 1.29 is 0 Å². The number of nitrogens with one attached hydrogen (secondary N) is 1. The van der Waals surface area contributed by atoms with Crippen molar-refractivity contribution in [3.8, 4) is 16.8 Å². The van der Waals surface area contributed by atoms with Gasteiger partial charge in [-0.1, -0.05) is 42.5 Å². The molecule has 0 aliphatic heterocycles. The maximum absolute atomic E-state index is 14.1. The fourth-order valence-corrected chi connectivity index (χ4v) is 4.06. The van der Waals surface area contributed by atoms with Crippen LogP contribution in [0.15, 0.2) is 84.0 Å². The van der Waals surface area contributed by atoms with E-state index in [1.807, 2.05) is 80.6 Å². The molecule has 1 unspecified atom stereocenters. The summed E-state index contributed by atoms with van der Waals surface area (Å²) in [5, 5.41) is 4.72. The lowest BCUT2D eigenvalue weighted by atomic mass is 9.98. The van der Waals surface area contributed by atoms with Crippen LogP contribution in [-0.4, -0.2) is 24.5 Å². The van der Waals surface area contributed by atoms with Gasteiger partial charge in [0.15, 0.2) is 0 Å². The molecule has 0 saturated carbocycles. The summed E-state index contributed by atoms with van der Waals surface area (Å²) >= 11 is 0. The number of hydrogen-bond acceptors (Lipinski definition) is 7. The van der Waals surface area contributed by atoms with E-state index in [1.54, 1.807) is 10.8 Å². The summed E-state index contributed by atoms with van der Waals surface area (Å²) in [7, 11) is 0. The average Bonchev–Trinajstić information content (AvgIpc) is 2.84. The normalized spacial score (nSPS) is 11.9. The van der Waals surface area contributed by atoms with Crippen LogP contribution in [0.3, 0.4) is 0 Å². The zero-order valence-electron chi connectivity index (χ0n) is 18.8. The van der Waals surface area contributed by atoms with Crippen LogP contribution in [-0.2, 0) is 0 Å². The van der Waals surface area contributed by atoms with Crippen molar-refractivity contribution in [2.75, 3.05) is 11.1 Å². The molecular weight excluding hydrogens is 426 g/mol. The van der Waals surface area contributed by atoms with Gasteiger partial charge >= 0.3 is 0 Å². The Hall–Kier alpha value is -4.59. The van der Waals surface area contributed by atoms with E-state index in [1.165, 1.54) is 6.33 Å². The summed E-state index contributed by atoms with van der Waals surface area (Å²) in [4.78, 5) is 30.6. The topological polar surface area (TPSA) is 112 Å². The van der Waals surface area contributed by atoms with Crippen LogP contribution in [0.5, 0.6) is 0 Å². The van der Waals surface area contributed by atoms with Crippen LogP contribution in [0.4, 0.5) is 11.9 Å². The minimum atomic E-state index is -0.302. The monoisotopic (exact) mass is 449 g/mol. The minimum absolute atomic E-state index is 0.112. The Morgan fingerprint density at radius 2 is 1.79 bits per heavy atom. The van der Waals surface area contributed by atoms with Crippen molar-refractivity contribution in [3.05, 3.63) is 101 Å². The summed E-state index contributed by atoms with van der Waals surface area (Å²) < 4.78 is 1.73. The van der Waals surface area contributed by atoms with Crippen LogP contribution in [0, 0.1) is 6.92 Å². The SMILES string of the molecule is Cc1ccc(-c2cccc3cc(C(C)Nc4ncnc(N)n4)n(-c4ccccc4)c(=O)c23)cn1. The molecular formula is C26H23N7O. The van der Waals surface area contributed by atoms with Gasteiger partial charge in [-0.15, -0.1) is 0 Å². The van der Waals surface area contributed by atoms with Crippen molar-refractivity contribution in [2.24, 2.45) is 0 Å². The quantitative estimate of drug-likeness (QED) is 0.411. The smallest absolute Gasteiger partial charge is 0.263 e. The van der Waals surface area contributed by atoms with E-state index >= 15 is 0 Å². The zero-order valence-corrected chi connectivity index (χ0v) is 18.8. The maximum atomic E-state index is 14.1. The van der Waals surface area contributed by atoms with Gasteiger partial charge in [-0.2, -0.15) is 4.98 Å². The predicted molar refractivity (Wildman–Crippen MR) is 134 cm³/mol. The molecule has 0 fully saturated rings. The molecule has 3 aromatic heterocycles. The fourth-order valence-electron chi connectivity index (χ4n) is 4.06. The van der Waals surface area contributed by atoms with Crippen LogP contribution in [0.2, 0.25) is 0 Å². The highest BCUT2D eigenvalue weighted by Crippen LogP contribution is 2.29. The number of pyridine rings is 2. The predicted octanol–water partition coefficient (Wildman–Crippen LogP) is 4.30. The highest BCUT2D eigenvalue weighted by atomic mass is 16.1. The molecule has 2 aromatic carbocycles. The number of rotatable bonds is 5. The van der Waals surface area contributed by atoms with Crippen molar-refractivity contribution in [2.45, 2.75) is 19.9 Å². The van der Waals surface area contributed by atoms with Crippen molar-refractivity contribution >= 4 is 22.7 Å². The summed E-state index contributed by atoms with van der Waals surface area (Å²) in [6, 6.07) is 21.1. The molecule has 168 valence electrons. The molecule has 8 heteroatoms. The number of nitrogens with two attached hydrogens (primary N) is 1. The van der Waals surface area contributed by atoms with Crippen LogP contribution in [0.1, 0.15) is 24.4 Å². The average molecular weight is 450 g/mol. The molecule has 5 aromatic rings. The highest BCUT2D eigenvalue weighted by molar-refractivity contribution is 5.96. The maximum Gasteiger partial charge on any atom is 0.263 e. The lowest BCUT2D eigenvalue weighted by Crippen LogP contribution is -2.26. The van der Waals surface area contributed by atoms with E-state index in [0.717, 1.165) is 33.6 Å². The van der Waals surface area contributed by atoms with Crippen LogP contribution in [0.25, 0.3) is 27.6 Å². The third-order valence-corrected chi connectivity index (χ3v) is 5.69. The number of benzene rings is 2. The Balaban J connectivity index is 1.74. The number of fused-ring (bicyclic) bond motifs is 1. The molecule has 8 nitrogen and oxygen atoms in total. The Bertz CT molecular complexity index is 1530. The summed E-state index contributed by atoms with van der Waals surface area (Å²) in [6.07, 6.45) is 3.16. The van der Waals surface area contributed by atoms with Gasteiger partial charge < -0.3 is 11.1 Å². The molecule has 0 bridgehead atoms. The molecule has 1 atom stereocenters. The van der Waals surface area contributed by atoms with Gasteiger partial charge in [0, 0.05) is 28.8 Å². The summed E-state index contributed by atoms with van der Waals surface area (Å²) in [6.45, 7) is 3.89. The molecule has 0 spiro atoms. The third kappa shape index (κ3) is 3.97. The van der Waals surface area contributed by atoms with Gasteiger partial charge in [0.25, 0.3) is 5.56 Å². The van der Waals surface area contributed by atoms with E-state index in [2.05, 4.69) is 25.3 Å². The van der Waals surface area contributed by atoms with E-state index in [-0.39, 0.29) is 17.5 Å². The number of nitrogens with zero attached hydrogens (tertiary/aromatic N) is 5. The first kappa shape index (κ1) is 21.3. The largest absolute Gasteiger partial charge is 0.368 e. The molecule has 3 N–H and O–H groups in total. The Morgan fingerprint density at radius 1 is 0.971 bits per heavy atom.